The molecule has 6 nitrogen and oxygen atoms in total. The summed E-state index contributed by atoms with van der Waals surface area (Å²) in [7, 11) is -3.25. The Morgan fingerprint density at radius 2 is 2.00 bits per heavy atom. The summed E-state index contributed by atoms with van der Waals surface area (Å²) in [6, 6.07) is 4.26. The van der Waals surface area contributed by atoms with Gasteiger partial charge in [0.15, 0.2) is 0 Å². The molecule has 1 aromatic rings. The number of carbonyl (C=O) groups is 2. The summed E-state index contributed by atoms with van der Waals surface area (Å²) in [4.78, 5) is 22.5. The Morgan fingerprint density at radius 3 is 2.53 bits per heavy atom. The summed E-state index contributed by atoms with van der Waals surface area (Å²) < 4.78 is 21.8. The van der Waals surface area contributed by atoms with Crippen LogP contribution in [0.4, 0.5) is 5.69 Å². The summed E-state index contributed by atoms with van der Waals surface area (Å²) in [6.45, 7) is 0. The molecule has 0 bridgehead atoms. The maximum atomic E-state index is 11.5. The van der Waals surface area contributed by atoms with Gasteiger partial charge in [-0.2, -0.15) is 0 Å². The van der Waals surface area contributed by atoms with E-state index in [1.54, 1.807) is 0 Å². The van der Waals surface area contributed by atoms with Crippen molar-refractivity contribution < 1.29 is 23.1 Å². The Balaban J connectivity index is 2.86. The molecule has 0 atom stereocenters. The van der Waals surface area contributed by atoms with Crippen molar-refractivity contribution >= 4 is 39.0 Å². The zero-order chi connectivity index (χ0) is 14.6. The fourth-order valence-corrected chi connectivity index (χ4v) is 2.15. The highest BCUT2D eigenvalue weighted by atomic mass is 35.5. The van der Waals surface area contributed by atoms with Crippen molar-refractivity contribution in [1.82, 2.24) is 0 Å². The van der Waals surface area contributed by atoms with Crippen LogP contribution in [-0.4, -0.2) is 37.4 Å². The number of rotatable bonds is 5. The van der Waals surface area contributed by atoms with Crippen LogP contribution in [0.3, 0.4) is 0 Å². The molecule has 8 heteroatoms. The number of anilines is 1. The number of nitrogens with one attached hydrogen (secondary N) is 1. The number of benzene rings is 1. The smallest absolute Gasteiger partial charge is 0.339 e. The molecule has 0 aromatic heterocycles. The average Bonchev–Trinajstić information content (AvgIpc) is 2.25. The van der Waals surface area contributed by atoms with Crippen LogP contribution in [-0.2, 0) is 14.6 Å². The van der Waals surface area contributed by atoms with Gasteiger partial charge in [-0.15, -0.1) is 0 Å². The number of carboxylic acids is 1. The van der Waals surface area contributed by atoms with Gasteiger partial charge < -0.3 is 10.4 Å². The molecule has 1 aromatic carbocycles. The molecule has 0 unspecified atom stereocenters. The van der Waals surface area contributed by atoms with Gasteiger partial charge in [-0.1, -0.05) is 17.7 Å². The highest BCUT2D eigenvalue weighted by Crippen LogP contribution is 2.24. The molecule has 19 heavy (non-hydrogen) atoms. The Bertz CT molecular complexity index is 612. The van der Waals surface area contributed by atoms with Gasteiger partial charge in [-0.05, 0) is 12.1 Å². The highest BCUT2D eigenvalue weighted by Gasteiger charge is 2.16. The molecule has 0 aliphatic heterocycles. The molecule has 104 valence electrons. The second kappa shape index (κ2) is 6.03. The standard InChI is InChI=1S/C11H12ClNO5S/c1-19(17,18)6-5-9(14)13-8-4-2-3-7(12)10(8)11(15)16/h2-4H,5-6H2,1H3,(H,13,14)(H,15,16). The fraction of sp³-hybridized carbons (Fsp3) is 0.273. The molecule has 0 saturated carbocycles. The molecular weight excluding hydrogens is 294 g/mol. The largest absolute Gasteiger partial charge is 0.478 e. The molecule has 1 rings (SSSR count). The molecule has 2 N–H and O–H groups in total. The lowest BCUT2D eigenvalue weighted by molar-refractivity contribution is -0.115. The van der Waals surface area contributed by atoms with Gasteiger partial charge in [0, 0.05) is 12.7 Å². The van der Waals surface area contributed by atoms with E-state index >= 15 is 0 Å². The summed E-state index contributed by atoms with van der Waals surface area (Å²) in [5.74, 6) is -2.17. The predicted octanol–water partition coefficient (Wildman–Crippen LogP) is 1.41. The van der Waals surface area contributed by atoms with Gasteiger partial charge in [0.1, 0.15) is 15.4 Å². The van der Waals surface area contributed by atoms with Crippen molar-refractivity contribution in [2.24, 2.45) is 0 Å². The summed E-state index contributed by atoms with van der Waals surface area (Å²) in [5, 5.41) is 11.3. The molecule has 0 fully saturated rings. The van der Waals surface area contributed by atoms with E-state index in [-0.39, 0.29) is 28.4 Å². The second-order valence-electron chi connectivity index (χ2n) is 3.90. The van der Waals surface area contributed by atoms with Crippen LogP contribution in [0.1, 0.15) is 16.8 Å². The topological polar surface area (TPSA) is 101 Å². The number of sulfone groups is 1. The Kier molecular flexibility index (Phi) is 4.90. The molecule has 0 saturated heterocycles. The van der Waals surface area contributed by atoms with Crippen molar-refractivity contribution in [1.29, 1.82) is 0 Å². The van der Waals surface area contributed by atoms with Crippen LogP contribution < -0.4 is 5.32 Å². The van der Waals surface area contributed by atoms with Crippen LogP contribution in [0.25, 0.3) is 0 Å². The predicted molar refractivity (Wildman–Crippen MR) is 71.4 cm³/mol. The van der Waals surface area contributed by atoms with E-state index in [0.29, 0.717) is 0 Å². The van der Waals surface area contributed by atoms with Crippen LogP contribution in [0.5, 0.6) is 0 Å². The van der Waals surface area contributed by atoms with E-state index in [4.69, 9.17) is 16.7 Å². The first-order valence-corrected chi connectivity index (χ1v) is 7.64. The Hall–Kier alpha value is -1.60. The number of halogens is 1. The zero-order valence-electron chi connectivity index (χ0n) is 10.0. The normalized spacial score (nSPS) is 11.1. The van der Waals surface area contributed by atoms with Crippen LogP contribution in [0.15, 0.2) is 18.2 Å². The van der Waals surface area contributed by atoms with Crippen LogP contribution in [0.2, 0.25) is 5.02 Å². The van der Waals surface area contributed by atoms with Crippen molar-refractivity contribution in [2.45, 2.75) is 6.42 Å². The van der Waals surface area contributed by atoms with E-state index in [1.165, 1.54) is 18.2 Å². The first kappa shape index (κ1) is 15.5. The second-order valence-corrected chi connectivity index (χ2v) is 6.56. The quantitative estimate of drug-likeness (QED) is 0.856. The molecule has 0 spiro atoms. The summed E-state index contributed by atoms with van der Waals surface area (Å²) >= 11 is 5.73. The lowest BCUT2D eigenvalue weighted by atomic mass is 10.1. The first-order chi connectivity index (χ1) is 8.70. The van der Waals surface area contributed by atoms with E-state index in [9.17, 15) is 18.0 Å². The zero-order valence-corrected chi connectivity index (χ0v) is 11.6. The number of carbonyl (C=O) groups excluding carboxylic acids is 1. The van der Waals surface area contributed by atoms with Gasteiger partial charge in [-0.25, -0.2) is 13.2 Å². The van der Waals surface area contributed by atoms with E-state index in [2.05, 4.69) is 5.32 Å². The minimum Gasteiger partial charge on any atom is -0.478 e. The van der Waals surface area contributed by atoms with Crippen molar-refractivity contribution in [3.63, 3.8) is 0 Å². The summed E-state index contributed by atoms with van der Waals surface area (Å²) in [6.07, 6.45) is 0.771. The highest BCUT2D eigenvalue weighted by molar-refractivity contribution is 7.90. The maximum Gasteiger partial charge on any atom is 0.339 e. The van der Waals surface area contributed by atoms with Crippen LogP contribution >= 0.6 is 11.6 Å². The monoisotopic (exact) mass is 305 g/mol. The third kappa shape index (κ3) is 4.88. The van der Waals surface area contributed by atoms with Gasteiger partial charge in [0.25, 0.3) is 0 Å². The number of hydrogen-bond acceptors (Lipinski definition) is 4. The Labute approximate surface area is 115 Å². The van der Waals surface area contributed by atoms with E-state index in [1.807, 2.05) is 0 Å². The molecular formula is C11H12ClNO5S. The Morgan fingerprint density at radius 1 is 1.37 bits per heavy atom. The average molecular weight is 306 g/mol. The lowest BCUT2D eigenvalue weighted by Gasteiger charge is -2.09. The number of amides is 1. The van der Waals surface area contributed by atoms with Crippen molar-refractivity contribution in [3.05, 3.63) is 28.8 Å². The number of carboxylic acid groups (broad SMARTS) is 1. The number of hydrogen-bond donors (Lipinski definition) is 2. The van der Waals surface area contributed by atoms with Crippen molar-refractivity contribution in [3.8, 4) is 0 Å². The molecule has 0 radical (unpaired) electrons. The maximum absolute atomic E-state index is 11.5. The minimum absolute atomic E-state index is 0.00610. The van der Waals surface area contributed by atoms with E-state index in [0.717, 1.165) is 6.26 Å². The van der Waals surface area contributed by atoms with Crippen LogP contribution in [0, 0.1) is 0 Å². The fourth-order valence-electron chi connectivity index (χ4n) is 1.34. The SMILES string of the molecule is CS(=O)(=O)CCC(=O)Nc1cccc(Cl)c1C(=O)O. The number of aromatic carboxylic acids is 1. The molecule has 0 aliphatic rings. The molecule has 1 amide bonds. The molecule has 0 heterocycles. The summed E-state index contributed by atoms with van der Waals surface area (Å²) in [5.41, 5.74) is -0.185. The lowest BCUT2D eigenvalue weighted by Crippen LogP contribution is -2.18. The van der Waals surface area contributed by atoms with Gasteiger partial charge in [-0.3, -0.25) is 4.79 Å². The van der Waals surface area contributed by atoms with Gasteiger partial charge in [0.2, 0.25) is 5.91 Å². The third-order valence-electron chi connectivity index (χ3n) is 2.20. The first-order valence-electron chi connectivity index (χ1n) is 5.20. The third-order valence-corrected chi connectivity index (χ3v) is 3.46. The minimum atomic E-state index is -3.25. The van der Waals surface area contributed by atoms with Gasteiger partial charge >= 0.3 is 5.97 Å². The van der Waals surface area contributed by atoms with Crippen molar-refractivity contribution in [2.75, 3.05) is 17.3 Å². The van der Waals surface area contributed by atoms with Gasteiger partial charge in [0.05, 0.1) is 16.5 Å². The molecule has 0 aliphatic carbocycles. The van der Waals surface area contributed by atoms with E-state index < -0.39 is 21.7 Å².